The van der Waals surface area contributed by atoms with Gasteiger partial charge in [0, 0.05) is 31.1 Å². The topological polar surface area (TPSA) is 64.3 Å². The number of benzene rings is 1. The lowest BCUT2D eigenvalue weighted by Gasteiger charge is -2.12. The van der Waals surface area contributed by atoms with Crippen LogP contribution in [0.25, 0.3) is 11.1 Å². The van der Waals surface area contributed by atoms with Gasteiger partial charge in [-0.1, -0.05) is 5.92 Å². The number of aromatic hydroxyl groups is 1. The van der Waals surface area contributed by atoms with E-state index < -0.39 is 0 Å². The summed E-state index contributed by atoms with van der Waals surface area (Å²) in [6, 6.07) is 4.43. The molecule has 0 radical (unpaired) electrons. The molecule has 20 heavy (non-hydrogen) atoms. The quantitative estimate of drug-likeness (QED) is 0.501. The van der Waals surface area contributed by atoms with Gasteiger partial charge >= 0.3 is 0 Å². The molecule has 0 aliphatic rings. The predicted molar refractivity (Wildman–Crippen MR) is 78.9 cm³/mol. The molecule has 5 nitrogen and oxygen atoms in total. The molecule has 1 N–H and O–H groups in total. The highest BCUT2D eigenvalue weighted by molar-refractivity contribution is 7.75. The predicted octanol–water partition coefficient (Wildman–Crippen LogP) is 1.67. The number of aryl methyl sites for hydroxylation is 2. The Morgan fingerprint density at radius 2 is 2.20 bits per heavy atom. The fourth-order valence-corrected chi connectivity index (χ4v) is 2.20. The summed E-state index contributed by atoms with van der Waals surface area (Å²) < 4.78 is 6.19. The number of aromatic nitrogens is 2. The van der Waals surface area contributed by atoms with E-state index in [4.69, 9.17) is 10.6 Å². The van der Waals surface area contributed by atoms with Gasteiger partial charge in [0.15, 0.2) is 5.75 Å². The molecule has 102 valence electrons. The smallest absolute Gasteiger partial charge is 0.278 e. The van der Waals surface area contributed by atoms with E-state index in [1.54, 1.807) is 13.0 Å². The number of phenolic OH excluding ortho intramolecular Hbond substituents is 1. The number of thiol groups is 1. The first kappa shape index (κ1) is 14.0. The summed E-state index contributed by atoms with van der Waals surface area (Å²) in [5, 5.41) is 13.5. The van der Waals surface area contributed by atoms with Crippen LogP contribution in [0.4, 0.5) is 0 Å². The summed E-state index contributed by atoms with van der Waals surface area (Å²) in [6.07, 6.45) is 5.43. The van der Waals surface area contributed by atoms with Crippen LogP contribution in [0.15, 0.2) is 23.0 Å². The average Bonchev–Trinajstić information content (AvgIpc) is 2.42. The highest BCUT2D eigenvalue weighted by Gasteiger charge is 2.19. The highest BCUT2D eigenvalue weighted by atomic mass is 32.1. The molecule has 0 saturated carbocycles. The van der Waals surface area contributed by atoms with Gasteiger partial charge in [0.05, 0.1) is 5.56 Å². The Bertz CT molecular complexity index is 775. The fraction of sp³-hybridized carbons (Fsp3) is 0.143. The molecule has 1 aromatic heterocycles. The van der Waals surface area contributed by atoms with Crippen LogP contribution in [0.3, 0.4) is 0 Å². The number of phenols is 1. The summed E-state index contributed by atoms with van der Waals surface area (Å²) in [6.45, 7) is 1.70. The van der Waals surface area contributed by atoms with Crippen molar-refractivity contribution in [1.82, 2.24) is 9.78 Å². The van der Waals surface area contributed by atoms with Crippen molar-refractivity contribution in [2.45, 2.75) is 6.92 Å². The summed E-state index contributed by atoms with van der Waals surface area (Å²) in [5.74, 6) is 2.72. The maximum atomic E-state index is 12.3. The van der Waals surface area contributed by atoms with Crippen molar-refractivity contribution in [2.24, 2.45) is 7.05 Å². The van der Waals surface area contributed by atoms with E-state index in [1.165, 1.54) is 23.9 Å². The second-order valence-corrected chi connectivity index (χ2v) is 4.37. The summed E-state index contributed by atoms with van der Waals surface area (Å²) in [4.78, 5) is 12.3. The van der Waals surface area contributed by atoms with E-state index in [2.05, 4.69) is 23.9 Å². The zero-order valence-electron chi connectivity index (χ0n) is 10.9. The number of nitrogens with zero attached hydrogens (tertiary/aromatic N) is 2. The van der Waals surface area contributed by atoms with Crippen molar-refractivity contribution in [3.63, 3.8) is 0 Å². The van der Waals surface area contributed by atoms with Crippen LogP contribution >= 0.6 is 12.9 Å². The van der Waals surface area contributed by atoms with Crippen molar-refractivity contribution >= 4 is 12.9 Å². The molecular weight excluding hydrogens is 276 g/mol. The summed E-state index contributed by atoms with van der Waals surface area (Å²) >= 11 is 3.78. The molecule has 0 amide bonds. The van der Waals surface area contributed by atoms with E-state index in [0.29, 0.717) is 16.8 Å². The molecule has 2 aromatic rings. The number of rotatable bonds is 2. The third kappa shape index (κ3) is 2.24. The van der Waals surface area contributed by atoms with E-state index in [1.807, 2.05) is 0 Å². The van der Waals surface area contributed by atoms with Crippen LogP contribution in [0, 0.1) is 19.3 Å². The maximum absolute atomic E-state index is 12.3. The van der Waals surface area contributed by atoms with E-state index >= 15 is 0 Å². The lowest BCUT2D eigenvalue weighted by molar-refractivity contribution is 0.475. The van der Waals surface area contributed by atoms with Crippen molar-refractivity contribution in [1.29, 1.82) is 0 Å². The van der Waals surface area contributed by atoms with Gasteiger partial charge < -0.3 is 9.29 Å². The van der Waals surface area contributed by atoms with E-state index in [0.717, 1.165) is 0 Å². The Labute approximate surface area is 121 Å². The molecule has 2 rings (SSSR count). The third-order valence-corrected chi connectivity index (χ3v) is 3.07. The minimum absolute atomic E-state index is 0.0256. The standard InChI is InChI=1S/C14H12N2O3S/c1-4-9-7-10(17)5-6-11(9)12-13(19-20)8(2)15-16(3)14(12)18/h1,5-7,17,20H,2-3H3. The molecular formula is C14H12N2O3S. The minimum atomic E-state index is -0.359. The average molecular weight is 288 g/mol. The molecule has 0 spiro atoms. The van der Waals surface area contributed by atoms with Crippen LogP contribution < -0.4 is 9.74 Å². The van der Waals surface area contributed by atoms with Crippen molar-refractivity contribution in [2.75, 3.05) is 0 Å². The number of hydrogen-bond acceptors (Lipinski definition) is 5. The van der Waals surface area contributed by atoms with Gasteiger partial charge in [-0.2, -0.15) is 5.10 Å². The minimum Gasteiger partial charge on any atom is -0.508 e. The monoisotopic (exact) mass is 288 g/mol. The van der Waals surface area contributed by atoms with Crippen LogP contribution in [-0.2, 0) is 7.05 Å². The lowest BCUT2D eigenvalue weighted by atomic mass is 10.00. The second kappa shape index (κ2) is 5.31. The second-order valence-electron chi connectivity index (χ2n) is 4.18. The largest absolute Gasteiger partial charge is 0.508 e. The van der Waals surface area contributed by atoms with Gasteiger partial charge in [-0.25, -0.2) is 4.68 Å². The zero-order valence-corrected chi connectivity index (χ0v) is 11.8. The molecule has 0 atom stereocenters. The Morgan fingerprint density at radius 1 is 1.50 bits per heavy atom. The first-order valence-corrected chi connectivity index (χ1v) is 6.05. The molecule has 0 fully saturated rings. The van der Waals surface area contributed by atoms with Gasteiger partial charge in [0.1, 0.15) is 11.4 Å². The van der Waals surface area contributed by atoms with Crippen LogP contribution in [0.5, 0.6) is 11.5 Å². The SMILES string of the molecule is C#Cc1cc(O)ccc1-c1c(OS)c(C)nn(C)c1=O. The molecule has 0 bridgehead atoms. The Balaban J connectivity index is 2.90. The summed E-state index contributed by atoms with van der Waals surface area (Å²) in [7, 11) is 1.54. The van der Waals surface area contributed by atoms with Gasteiger partial charge in [0.25, 0.3) is 5.56 Å². The first-order valence-electron chi connectivity index (χ1n) is 5.69. The third-order valence-electron chi connectivity index (χ3n) is 2.88. The van der Waals surface area contributed by atoms with E-state index in [-0.39, 0.29) is 22.6 Å². The Kier molecular flexibility index (Phi) is 3.72. The normalized spacial score (nSPS) is 10.1. The Morgan fingerprint density at radius 3 is 2.80 bits per heavy atom. The highest BCUT2D eigenvalue weighted by Crippen LogP contribution is 2.32. The molecule has 1 heterocycles. The van der Waals surface area contributed by atoms with E-state index in [9.17, 15) is 9.90 Å². The molecule has 0 saturated heterocycles. The van der Waals surface area contributed by atoms with Crippen molar-refractivity contribution < 1.29 is 9.29 Å². The molecule has 1 aromatic carbocycles. The van der Waals surface area contributed by atoms with Crippen LogP contribution in [0.2, 0.25) is 0 Å². The number of terminal acetylenes is 1. The van der Waals surface area contributed by atoms with Crippen LogP contribution in [-0.4, -0.2) is 14.9 Å². The lowest BCUT2D eigenvalue weighted by Crippen LogP contribution is -2.23. The molecule has 6 heteroatoms. The van der Waals surface area contributed by atoms with Crippen LogP contribution in [0.1, 0.15) is 11.3 Å². The van der Waals surface area contributed by atoms with Gasteiger partial charge in [-0.05, 0) is 25.1 Å². The van der Waals surface area contributed by atoms with Gasteiger partial charge in [-0.3, -0.25) is 4.79 Å². The first-order chi connectivity index (χ1) is 9.49. The molecule has 0 aliphatic carbocycles. The molecule has 0 unspecified atom stereocenters. The van der Waals surface area contributed by atoms with Gasteiger partial charge in [-0.15, -0.1) is 6.42 Å². The molecule has 0 aliphatic heterocycles. The summed E-state index contributed by atoms with van der Waals surface area (Å²) in [5.41, 5.74) is 1.29. The van der Waals surface area contributed by atoms with Gasteiger partial charge in [0.2, 0.25) is 0 Å². The number of hydrogen-bond donors (Lipinski definition) is 2. The maximum Gasteiger partial charge on any atom is 0.278 e. The van der Waals surface area contributed by atoms with Crippen molar-refractivity contribution in [3.05, 3.63) is 39.8 Å². The van der Waals surface area contributed by atoms with Crippen molar-refractivity contribution in [3.8, 4) is 35.0 Å². The zero-order chi connectivity index (χ0) is 14.9. The fourth-order valence-electron chi connectivity index (χ4n) is 1.97. The Hall–Kier alpha value is -2.39.